The molecule has 0 aromatic carbocycles. The molecular weight excluding hydrogens is 324 g/mol. The van der Waals surface area contributed by atoms with Gasteiger partial charge < -0.3 is 5.32 Å². The maximum absolute atomic E-state index is 12.1. The van der Waals surface area contributed by atoms with Crippen LogP contribution in [0.3, 0.4) is 0 Å². The van der Waals surface area contributed by atoms with E-state index in [0.29, 0.717) is 23.3 Å². The Morgan fingerprint density at radius 1 is 1.24 bits per heavy atom. The first-order chi connectivity index (χ1) is 9.95. The molecule has 21 heavy (non-hydrogen) atoms. The van der Waals surface area contributed by atoms with Crippen LogP contribution >= 0.6 is 23.1 Å². The summed E-state index contributed by atoms with van der Waals surface area (Å²) in [7, 11) is -3.34. The van der Waals surface area contributed by atoms with Gasteiger partial charge in [0.15, 0.2) is 0 Å². The second kappa shape index (κ2) is 9.84. The van der Waals surface area contributed by atoms with Gasteiger partial charge in [-0.25, -0.2) is 13.1 Å². The highest BCUT2D eigenvalue weighted by molar-refractivity contribution is 7.98. The molecule has 1 aromatic rings. The Bertz CT molecular complexity index is 498. The lowest BCUT2D eigenvalue weighted by molar-refractivity contribution is 0.578. The van der Waals surface area contributed by atoms with Gasteiger partial charge in [-0.15, -0.1) is 11.3 Å². The number of rotatable bonds is 11. The van der Waals surface area contributed by atoms with E-state index in [4.69, 9.17) is 0 Å². The number of unbranched alkanes of at least 4 members (excludes halogenated alkanes) is 2. The van der Waals surface area contributed by atoms with Crippen LogP contribution in [0.2, 0.25) is 0 Å². The predicted molar refractivity (Wildman–Crippen MR) is 93.7 cm³/mol. The fourth-order valence-corrected chi connectivity index (χ4v) is 4.65. The second-order valence-electron chi connectivity index (χ2n) is 5.21. The van der Waals surface area contributed by atoms with Crippen molar-refractivity contribution < 1.29 is 8.42 Å². The highest BCUT2D eigenvalue weighted by atomic mass is 32.2. The van der Waals surface area contributed by atoms with E-state index in [1.165, 1.54) is 11.3 Å². The molecule has 0 amide bonds. The lowest BCUT2D eigenvalue weighted by atomic mass is 10.2. The van der Waals surface area contributed by atoms with Crippen molar-refractivity contribution in [3.8, 4) is 0 Å². The van der Waals surface area contributed by atoms with Crippen LogP contribution in [0.5, 0.6) is 0 Å². The zero-order valence-electron chi connectivity index (χ0n) is 13.0. The quantitative estimate of drug-likeness (QED) is 0.602. The predicted octanol–water partition coefficient (Wildman–Crippen LogP) is 3.06. The van der Waals surface area contributed by atoms with Gasteiger partial charge in [0.05, 0.1) is 0 Å². The summed E-state index contributed by atoms with van der Waals surface area (Å²) >= 11 is 3.17. The molecule has 0 radical (unpaired) electrons. The van der Waals surface area contributed by atoms with Crippen LogP contribution in [0.1, 0.15) is 38.0 Å². The van der Waals surface area contributed by atoms with Gasteiger partial charge in [-0.05, 0) is 37.0 Å². The topological polar surface area (TPSA) is 58.2 Å². The molecular formula is C14H26N2O2S3. The van der Waals surface area contributed by atoms with Crippen molar-refractivity contribution in [3.63, 3.8) is 0 Å². The average Bonchev–Trinajstić information content (AvgIpc) is 2.90. The Balaban J connectivity index is 2.40. The van der Waals surface area contributed by atoms with Gasteiger partial charge in [0.1, 0.15) is 4.21 Å². The fourth-order valence-electron chi connectivity index (χ4n) is 1.73. The Hall–Kier alpha value is -0.0800. The maximum atomic E-state index is 12.1. The summed E-state index contributed by atoms with van der Waals surface area (Å²) in [6.07, 6.45) is 5.20. The highest BCUT2D eigenvalue weighted by Gasteiger charge is 2.16. The Labute approximate surface area is 137 Å². The molecule has 1 heterocycles. The van der Waals surface area contributed by atoms with Gasteiger partial charge >= 0.3 is 0 Å². The van der Waals surface area contributed by atoms with Gasteiger partial charge in [0.2, 0.25) is 10.0 Å². The number of sulfonamides is 1. The molecule has 0 bridgehead atoms. The van der Waals surface area contributed by atoms with E-state index in [9.17, 15) is 8.42 Å². The van der Waals surface area contributed by atoms with Crippen LogP contribution < -0.4 is 10.0 Å². The third-order valence-electron chi connectivity index (χ3n) is 2.90. The van der Waals surface area contributed by atoms with E-state index in [2.05, 4.69) is 30.1 Å². The van der Waals surface area contributed by atoms with Gasteiger partial charge in [0.25, 0.3) is 0 Å². The van der Waals surface area contributed by atoms with Crippen LogP contribution in [0.25, 0.3) is 0 Å². The minimum absolute atomic E-state index is 0.395. The highest BCUT2D eigenvalue weighted by Crippen LogP contribution is 2.21. The summed E-state index contributed by atoms with van der Waals surface area (Å²) in [5.41, 5.74) is 0. The van der Waals surface area contributed by atoms with Crippen LogP contribution in [-0.4, -0.2) is 33.0 Å². The third-order valence-corrected chi connectivity index (χ3v) is 6.64. The molecule has 4 nitrogen and oxygen atoms in total. The number of thiophene rings is 1. The van der Waals surface area contributed by atoms with E-state index in [1.54, 1.807) is 6.07 Å². The molecule has 0 unspecified atom stereocenters. The smallest absolute Gasteiger partial charge is 0.250 e. The minimum atomic E-state index is -3.34. The van der Waals surface area contributed by atoms with Gasteiger partial charge in [-0.2, -0.15) is 11.8 Å². The SMILES string of the molecule is CSCCCCCNS(=O)(=O)c1ccc(CNC(C)C)s1. The first kappa shape index (κ1) is 19.0. The first-order valence-electron chi connectivity index (χ1n) is 7.26. The standard InChI is InChI=1S/C14H26N2O2S3/c1-12(2)15-11-13-7-8-14(20-13)21(17,18)16-9-5-4-6-10-19-3/h7-8,12,15-16H,4-6,9-11H2,1-3H3. The number of thioether (sulfide) groups is 1. The van der Waals surface area contributed by atoms with Gasteiger partial charge in [-0.1, -0.05) is 20.3 Å². The first-order valence-corrected chi connectivity index (χ1v) is 11.0. The molecule has 7 heteroatoms. The van der Waals surface area contributed by atoms with E-state index in [-0.39, 0.29) is 0 Å². The molecule has 122 valence electrons. The third kappa shape index (κ3) is 7.65. The summed E-state index contributed by atoms with van der Waals surface area (Å²) in [5, 5.41) is 3.29. The lowest BCUT2D eigenvalue weighted by Crippen LogP contribution is -2.24. The zero-order chi connectivity index (χ0) is 15.7. The molecule has 0 saturated heterocycles. The summed E-state index contributed by atoms with van der Waals surface area (Å²) in [4.78, 5) is 1.05. The largest absolute Gasteiger partial charge is 0.310 e. The molecule has 1 rings (SSSR count). The van der Waals surface area contributed by atoms with Crippen LogP contribution in [-0.2, 0) is 16.6 Å². The van der Waals surface area contributed by atoms with E-state index in [0.717, 1.165) is 29.9 Å². The van der Waals surface area contributed by atoms with Crippen molar-refractivity contribution in [1.29, 1.82) is 0 Å². The van der Waals surface area contributed by atoms with Crippen molar-refractivity contribution >= 4 is 33.1 Å². The van der Waals surface area contributed by atoms with E-state index >= 15 is 0 Å². The van der Waals surface area contributed by atoms with Crippen LogP contribution in [0.4, 0.5) is 0 Å². The Morgan fingerprint density at radius 3 is 2.67 bits per heavy atom. The molecule has 0 aliphatic rings. The number of hydrogen-bond donors (Lipinski definition) is 2. The number of hydrogen-bond acceptors (Lipinski definition) is 5. The molecule has 0 fully saturated rings. The van der Waals surface area contributed by atoms with Crippen LogP contribution in [0.15, 0.2) is 16.3 Å². The normalized spacial score (nSPS) is 12.2. The van der Waals surface area contributed by atoms with Gasteiger partial charge in [-0.3, -0.25) is 0 Å². The molecule has 0 spiro atoms. The summed E-state index contributed by atoms with van der Waals surface area (Å²) in [6.45, 7) is 5.38. The molecule has 1 aromatic heterocycles. The number of nitrogens with one attached hydrogen (secondary N) is 2. The molecule has 0 atom stereocenters. The monoisotopic (exact) mass is 350 g/mol. The molecule has 0 aliphatic heterocycles. The second-order valence-corrected chi connectivity index (χ2v) is 9.36. The molecule has 0 aliphatic carbocycles. The zero-order valence-corrected chi connectivity index (χ0v) is 15.5. The van der Waals surface area contributed by atoms with Crippen LogP contribution in [0, 0.1) is 0 Å². The summed E-state index contributed by atoms with van der Waals surface area (Å²) < 4.78 is 27.4. The van der Waals surface area contributed by atoms with E-state index in [1.807, 2.05) is 17.8 Å². The van der Waals surface area contributed by atoms with Gasteiger partial charge in [0, 0.05) is 24.0 Å². The summed E-state index contributed by atoms with van der Waals surface area (Å²) in [5.74, 6) is 1.14. The van der Waals surface area contributed by atoms with Crippen molar-refractivity contribution in [1.82, 2.24) is 10.0 Å². The fraction of sp³-hybridized carbons (Fsp3) is 0.714. The minimum Gasteiger partial charge on any atom is -0.310 e. The average molecular weight is 351 g/mol. The van der Waals surface area contributed by atoms with Crippen molar-refractivity contribution in [2.24, 2.45) is 0 Å². The Kier molecular flexibility index (Phi) is 8.89. The maximum Gasteiger partial charge on any atom is 0.250 e. The lowest BCUT2D eigenvalue weighted by Gasteiger charge is -2.06. The molecule has 2 N–H and O–H groups in total. The summed E-state index contributed by atoms with van der Waals surface area (Å²) in [6, 6.07) is 3.97. The van der Waals surface area contributed by atoms with E-state index < -0.39 is 10.0 Å². The van der Waals surface area contributed by atoms with Crippen molar-refractivity contribution in [2.45, 2.75) is 49.9 Å². The van der Waals surface area contributed by atoms with Crippen molar-refractivity contribution in [3.05, 3.63) is 17.0 Å². The molecule has 0 saturated carbocycles. The van der Waals surface area contributed by atoms with Crippen molar-refractivity contribution in [2.75, 3.05) is 18.6 Å². The Morgan fingerprint density at radius 2 is 2.00 bits per heavy atom.